The highest BCUT2D eigenvalue weighted by Gasteiger charge is 2.17. The number of halogens is 2. The predicted molar refractivity (Wildman–Crippen MR) is 72.2 cm³/mol. The van der Waals surface area contributed by atoms with Crippen LogP contribution in [0.5, 0.6) is 0 Å². The first-order valence-corrected chi connectivity index (χ1v) is 6.24. The maximum Gasteiger partial charge on any atom is 0.124 e. The lowest BCUT2D eigenvalue weighted by Gasteiger charge is -2.19. The van der Waals surface area contributed by atoms with Crippen LogP contribution < -0.4 is 11.3 Å². The van der Waals surface area contributed by atoms with Crippen LogP contribution in [0.2, 0.25) is 0 Å². The minimum Gasteiger partial charge on any atom is -0.271 e. The Labute approximate surface area is 113 Å². The van der Waals surface area contributed by atoms with Crippen molar-refractivity contribution in [3.05, 3.63) is 63.6 Å². The Kier molecular flexibility index (Phi) is 4.06. The lowest BCUT2D eigenvalue weighted by Crippen LogP contribution is -2.29. The number of nitrogens with two attached hydrogens (primary N) is 1. The standard InChI is InChI=1S/C13H13BrFN3/c1-8-4-5-17-7-11(8)13(18-16)10-3-2-9(15)6-12(10)14/h2-7,13,18H,16H2,1H3. The van der Waals surface area contributed by atoms with Crippen LogP contribution in [-0.2, 0) is 0 Å². The molecule has 0 aliphatic carbocycles. The summed E-state index contributed by atoms with van der Waals surface area (Å²) in [5.41, 5.74) is 5.65. The molecule has 18 heavy (non-hydrogen) atoms. The summed E-state index contributed by atoms with van der Waals surface area (Å²) in [7, 11) is 0. The number of nitrogens with zero attached hydrogens (tertiary/aromatic N) is 1. The maximum atomic E-state index is 13.1. The molecule has 0 saturated heterocycles. The van der Waals surface area contributed by atoms with Crippen molar-refractivity contribution in [3.63, 3.8) is 0 Å². The molecular weight excluding hydrogens is 297 g/mol. The lowest BCUT2D eigenvalue weighted by molar-refractivity contribution is 0.610. The fourth-order valence-corrected chi connectivity index (χ4v) is 2.44. The van der Waals surface area contributed by atoms with E-state index < -0.39 is 0 Å². The summed E-state index contributed by atoms with van der Waals surface area (Å²) in [5, 5.41) is 0. The fourth-order valence-electron chi connectivity index (χ4n) is 1.86. The van der Waals surface area contributed by atoms with Crippen molar-refractivity contribution in [3.8, 4) is 0 Å². The van der Waals surface area contributed by atoms with E-state index in [1.807, 2.05) is 13.0 Å². The smallest absolute Gasteiger partial charge is 0.124 e. The van der Waals surface area contributed by atoms with Crippen molar-refractivity contribution in [1.82, 2.24) is 10.4 Å². The van der Waals surface area contributed by atoms with Crippen molar-refractivity contribution >= 4 is 15.9 Å². The quantitative estimate of drug-likeness (QED) is 0.677. The number of aryl methyl sites for hydroxylation is 1. The molecule has 0 aliphatic heterocycles. The van der Waals surface area contributed by atoms with Crippen LogP contribution >= 0.6 is 15.9 Å². The van der Waals surface area contributed by atoms with E-state index in [1.54, 1.807) is 18.5 Å². The summed E-state index contributed by atoms with van der Waals surface area (Å²) in [6.07, 6.45) is 3.49. The van der Waals surface area contributed by atoms with E-state index in [2.05, 4.69) is 26.3 Å². The predicted octanol–water partition coefficient (Wildman–Crippen LogP) is 2.84. The third-order valence-electron chi connectivity index (χ3n) is 2.83. The molecule has 0 aliphatic rings. The van der Waals surface area contributed by atoms with Gasteiger partial charge in [0.05, 0.1) is 6.04 Å². The van der Waals surface area contributed by atoms with Gasteiger partial charge in [-0.2, -0.15) is 0 Å². The van der Waals surface area contributed by atoms with E-state index in [4.69, 9.17) is 5.84 Å². The number of hydrazine groups is 1. The number of benzene rings is 1. The molecule has 94 valence electrons. The summed E-state index contributed by atoms with van der Waals surface area (Å²) >= 11 is 3.35. The Morgan fingerprint density at radius 2 is 2.11 bits per heavy atom. The molecule has 1 unspecified atom stereocenters. The van der Waals surface area contributed by atoms with E-state index in [0.29, 0.717) is 4.47 Å². The van der Waals surface area contributed by atoms with Crippen LogP contribution in [0.3, 0.4) is 0 Å². The zero-order chi connectivity index (χ0) is 13.1. The zero-order valence-corrected chi connectivity index (χ0v) is 11.4. The summed E-state index contributed by atoms with van der Waals surface area (Å²) in [5.74, 6) is 5.33. The molecule has 0 spiro atoms. The Hall–Kier alpha value is -1.30. The molecular formula is C13H13BrFN3. The summed E-state index contributed by atoms with van der Waals surface area (Å²) in [6.45, 7) is 1.98. The Balaban J connectivity index is 2.49. The monoisotopic (exact) mass is 309 g/mol. The normalized spacial score (nSPS) is 12.4. The van der Waals surface area contributed by atoms with Gasteiger partial charge < -0.3 is 0 Å². The Bertz CT molecular complexity index is 560. The van der Waals surface area contributed by atoms with Crippen LogP contribution in [0, 0.1) is 12.7 Å². The number of hydrogen-bond acceptors (Lipinski definition) is 3. The summed E-state index contributed by atoms with van der Waals surface area (Å²) < 4.78 is 13.8. The molecule has 0 radical (unpaired) electrons. The highest BCUT2D eigenvalue weighted by molar-refractivity contribution is 9.10. The van der Waals surface area contributed by atoms with Crippen molar-refractivity contribution in [1.29, 1.82) is 0 Å². The van der Waals surface area contributed by atoms with Crippen molar-refractivity contribution < 1.29 is 4.39 Å². The Morgan fingerprint density at radius 3 is 2.72 bits per heavy atom. The van der Waals surface area contributed by atoms with Gasteiger partial charge in [-0.15, -0.1) is 0 Å². The molecule has 2 rings (SSSR count). The highest BCUT2D eigenvalue weighted by Crippen LogP contribution is 2.29. The third kappa shape index (κ3) is 2.58. The zero-order valence-electron chi connectivity index (χ0n) is 9.82. The molecule has 0 fully saturated rings. The van der Waals surface area contributed by atoms with Gasteiger partial charge in [0.15, 0.2) is 0 Å². The molecule has 0 bridgehead atoms. The van der Waals surface area contributed by atoms with Crippen molar-refractivity contribution in [2.75, 3.05) is 0 Å². The van der Waals surface area contributed by atoms with Crippen molar-refractivity contribution in [2.24, 2.45) is 5.84 Å². The van der Waals surface area contributed by atoms with E-state index >= 15 is 0 Å². The molecule has 1 heterocycles. The Morgan fingerprint density at radius 1 is 1.33 bits per heavy atom. The lowest BCUT2D eigenvalue weighted by atomic mass is 9.97. The fraction of sp³-hybridized carbons (Fsp3) is 0.154. The molecule has 1 aromatic heterocycles. The van der Waals surface area contributed by atoms with Gasteiger partial charge in [0, 0.05) is 16.9 Å². The molecule has 3 nitrogen and oxygen atoms in total. The van der Waals surface area contributed by atoms with Gasteiger partial charge in [-0.1, -0.05) is 22.0 Å². The number of aromatic nitrogens is 1. The van der Waals surface area contributed by atoms with E-state index in [0.717, 1.165) is 16.7 Å². The average molecular weight is 310 g/mol. The first kappa shape index (κ1) is 13.1. The first-order chi connectivity index (χ1) is 8.63. The minimum atomic E-state index is -0.288. The maximum absolute atomic E-state index is 13.1. The molecule has 2 aromatic rings. The summed E-state index contributed by atoms with van der Waals surface area (Å²) in [4.78, 5) is 4.10. The second-order valence-electron chi connectivity index (χ2n) is 4.00. The molecule has 1 aromatic carbocycles. The molecule has 0 amide bonds. The topological polar surface area (TPSA) is 50.9 Å². The van der Waals surface area contributed by atoms with Crippen LogP contribution in [0.4, 0.5) is 4.39 Å². The van der Waals surface area contributed by atoms with Gasteiger partial charge in [0.2, 0.25) is 0 Å². The second kappa shape index (κ2) is 5.56. The van der Waals surface area contributed by atoms with Gasteiger partial charge in [0.1, 0.15) is 5.82 Å². The SMILES string of the molecule is Cc1ccncc1C(NN)c1ccc(F)cc1Br. The van der Waals surface area contributed by atoms with Gasteiger partial charge in [-0.25, -0.2) is 9.82 Å². The molecule has 3 N–H and O–H groups in total. The summed E-state index contributed by atoms with van der Waals surface area (Å²) in [6, 6.07) is 6.23. The van der Waals surface area contributed by atoms with Crippen LogP contribution in [0.1, 0.15) is 22.7 Å². The van der Waals surface area contributed by atoms with Gasteiger partial charge in [-0.05, 0) is 41.8 Å². The average Bonchev–Trinajstić information content (AvgIpc) is 2.34. The van der Waals surface area contributed by atoms with E-state index in [-0.39, 0.29) is 11.9 Å². The number of nitrogens with one attached hydrogen (secondary N) is 1. The largest absolute Gasteiger partial charge is 0.271 e. The molecule has 5 heteroatoms. The minimum absolute atomic E-state index is 0.228. The first-order valence-electron chi connectivity index (χ1n) is 5.45. The highest BCUT2D eigenvalue weighted by atomic mass is 79.9. The van der Waals surface area contributed by atoms with Crippen LogP contribution in [0.25, 0.3) is 0 Å². The molecule has 1 atom stereocenters. The van der Waals surface area contributed by atoms with Crippen molar-refractivity contribution in [2.45, 2.75) is 13.0 Å². The van der Waals surface area contributed by atoms with Crippen LogP contribution in [0.15, 0.2) is 41.1 Å². The van der Waals surface area contributed by atoms with Gasteiger partial charge in [-0.3, -0.25) is 10.8 Å². The van der Waals surface area contributed by atoms with Gasteiger partial charge >= 0.3 is 0 Å². The number of rotatable bonds is 3. The van der Waals surface area contributed by atoms with E-state index in [1.165, 1.54) is 12.1 Å². The van der Waals surface area contributed by atoms with Crippen LogP contribution in [-0.4, -0.2) is 4.98 Å². The third-order valence-corrected chi connectivity index (χ3v) is 3.52. The second-order valence-corrected chi connectivity index (χ2v) is 4.85. The van der Waals surface area contributed by atoms with Gasteiger partial charge in [0.25, 0.3) is 0 Å². The number of hydrogen-bond donors (Lipinski definition) is 2. The van der Waals surface area contributed by atoms with E-state index in [9.17, 15) is 4.39 Å². The number of pyridine rings is 1. The molecule has 0 saturated carbocycles.